The average Bonchev–Trinajstić information content (AvgIpc) is 2.54. The molecule has 4 heteroatoms. The fourth-order valence-electron chi connectivity index (χ4n) is 2.01. The minimum absolute atomic E-state index is 0.0559. The summed E-state index contributed by atoms with van der Waals surface area (Å²) in [7, 11) is 0. The second-order valence-corrected chi connectivity index (χ2v) is 5.60. The first-order chi connectivity index (χ1) is 10.7. The van der Waals surface area contributed by atoms with Crippen molar-refractivity contribution in [2.75, 3.05) is 19.0 Å². The molecule has 0 aliphatic heterocycles. The molecule has 0 N–H and O–H groups in total. The zero-order chi connectivity index (χ0) is 15.8. The molecule has 2 rings (SSSR count). The van der Waals surface area contributed by atoms with Crippen LogP contribution >= 0.6 is 11.8 Å². The number of ketones is 1. The van der Waals surface area contributed by atoms with Gasteiger partial charge in [-0.2, -0.15) is 0 Å². The van der Waals surface area contributed by atoms with Crippen molar-refractivity contribution in [1.82, 2.24) is 0 Å². The Morgan fingerprint density at radius 3 is 2.41 bits per heavy atom. The van der Waals surface area contributed by atoms with E-state index in [2.05, 4.69) is 0 Å². The van der Waals surface area contributed by atoms with Gasteiger partial charge in [0.2, 0.25) is 0 Å². The predicted octanol–water partition coefficient (Wildman–Crippen LogP) is 4.46. The van der Waals surface area contributed by atoms with Gasteiger partial charge >= 0.3 is 0 Å². The molecule has 22 heavy (non-hydrogen) atoms. The maximum absolute atomic E-state index is 12.4. The zero-order valence-electron chi connectivity index (χ0n) is 12.9. The van der Waals surface area contributed by atoms with Gasteiger partial charge in [-0.1, -0.05) is 18.2 Å². The fourth-order valence-corrected chi connectivity index (χ4v) is 2.81. The zero-order valence-corrected chi connectivity index (χ0v) is 13.7. The Balaban J connectivity index is 2.10. The van der Waals surface area contributed by atoms with Crippen molar-refractivity contribution in [3.63, 3.8) is 0 Å². The highest BCUT2D eigenvalue weighted by molar-refractivity contribution is 8.00. The Hall–Kier alpha value is -1.94. The number of ether oxygens (including phenoxy) is 2. The van der Waals surface area contributed by atoms with Gasteiger partial charge in [0.25, 0.3) is 0 Å². The second-order valence-electron chi connectivity index (χ2n) is 4.55. The van der Waals surface area contributed by atoms with E-state index in [9.17, 15) is 4.79 Å². The van der Waals surface area contributed by atoms with Crippen LogP contribution in [0.2, 0.25) is 0 Å². The van der Waals surface area contributed by atoms with Gasteiger partial charge in [-0.05, 0) is 38.1 Å². The van der Waals surface area contributed by atoms with Crippen LogP contribution in [-0.4, -0.2) is 24.7 Å². The Kier molecular flexibility index (Phi) is 6.34. The number of rotatable bonds is 8. The summed E-state index contributed by atoms with van der Waals surface area (Å²) in [5.41, 5.74) is 0.605. The van der Waals surface area contributed by atoms with E-state index >= 15 is 0 Å². The predicted molar refractivity (Wildman–Crippen MR) is 90.3 cm³/mol. The van der Waals surface area contributed by atoms with Gasteiger partial charge in [0.05, 0.1) is 24.5 Å². The molecule has 0 spiro atoms. The third kappa shape index (κ3) is 4.53. The van der Waals surface area contributed by atoms with E-state index in [1.165, 1.54) is 11.8 Å². The Bertz CT molecular complexity index is 611. The van der Waals surface area contributed by atoms with Crippen LogP contribution in [-0.2, 0) is 0 Å². The molecule has 2 aromatic carbocycles. The maximum Gasteiger partial charge on any atom is 0.176 e. The minimum Gasteiger partial charge on any atom is -0.494 e. The number of benzene rings is 2. The smallest absolute Gasteiger partial charge is 0.176 e. The molecule has 0 aliphatic carbocycles. The summed E-state index contributed by atoms with van der Waals surface area (Å²) >= 11 is 1.53. The molecule has 0 aliphatic rings. The van der Waals surface area contributed by atoms with Gasteiger partial charge in [-0.25, -0.2) is 0 Å². The van der Waals surface area contributed by atoms with Crippen LogP contribution in [0.15, 0.2) is 53.4 Å². The summed E-state index contributed by atoms with van der Waals surface area (Å²) in [6.45, 7) is 4.93. The van der Waals surface area contributed by atoms with Crippen LogP contribution in [0.4, 0.5) is 0 Å². The lowest BCUT2D eigenvalue weighted by Gasteiger charge is -2.12. The Morgan fingerprint density at radius 1 is 1.00 bits per heavy atom. The van der Waals surface area contributed by atoms with Crippen LogP contribution < -0.4 is 9.47 Å². The molecule has 0 atom stereocenters. The van der Waals surface area contributed by atoms with E-state index in [0.29, 0.717) is 30.3 Å². The lowest BCUT2D eigenvalue weighted by Crippen LogP contribution is -2.07. The van der Waals surface area contributed by atoms with Crippen molar-refractivity contribution in [2.45, 2.75) is 18.7 Å². The molecule has 0 amide bonds. The molecule has 0 saturated heterocycles. The van der Waals surface area contributed by atoms with Crippen molar-refractivity contribution in [1.29, 1.82) is 0 Å². The van der Waals surface area contributed by atoms with Crippen molar-refractivity contribution in [3.05, 3.63) is 54.1 Å². The molecule has 0 fully saturated rings. The van der Waals surface area contributed by atoms with E-state index in [0.717, 1.165) is 10.6 Å². The van der Waals surface area contributed by atoms with Crippen LogP contribution in [0.5, 0.6) is 11.5 Å². The topological polar surface area (TPSA) is 35.5 Å². The molecule has 0 unspecified atom stereocenters. The first kappa shape index (κ1) is 16.4. The summed E-state index contributed by atoms with van der Waals surface area (Å²) in [4.78, 5) is 13.5. The molecule has 0 aromatic heterocycles. The SMILES string of the molecule is CCOc1ccc(C(=O)CSc2ccccc2)c(OCC)c1. The third-order valence-corrected chi connectivity index (χ3v) is 3.99. The quantitative estimate of drug-likeness (QED) is 0.532. The molecule has 0 heterocycles. The molecule has 0 radical (unpaired) electrons. The van der Waals surface area contributed by atoms with Crippen LogP contribution in [0, 0.1) is 0 Å². The Labute approximate surface area is 135 Å². The van der Waals surface area contributed by atoms with Gasteiger partial charge in [0.1, 0.15) is 11.5 Å². The third-order valence-electron chi connectivity index (χ3n) is 2.98. The van der Waals surface area contributed by atoms with E-state index in [1.54, 1.807) is 12.1 Å². The molecule has 2 aromatic rings. The monoisotopic (exact) mass is 316 g/mol. The van der Waals surface area contributed by atoms with Gasteiger partial charge < -0.3 is 9.47 Å². The molecular formula is C18H20O3S. The summed E-state index contributed by atoms with van der Waals surface area (Å²) in [6, 6.07) is 15.3. The lowest BCUT2D eigenvalue weighted by molar-refractivity contribution is 0.101. The molecule has 0 saturated carbocycles. The maximum atomic E-state index is 12.4. The van der Waals surface area contributed by atoms with Crippen LogP contribution in [0.3, 0.4) is 0 Å². The van der Waals surface area contributed by atoms with Crippen molar-refractivity contribution >= 4 is 17.5 Å². The Morgan fingerprint density at radius 2 is 1.73 bits per heavy atom. The largest absolute Gasteiger partial charge is 0.494 e. The summed E-state index contributed by atoms with van der Waals surface area (Å²) in [6.07, 6.45) is 0. The molecule has 0 bridgehead atoms. The van der Waals surface area contributed by atoms with E-state index in [1.807, 2.05) is 50.2 Å². The van der Waals surface area contributed by atoms with Gasteiger partial charge in [0, 0.05) is 11.0 Å². The van der Waals surface area contributed by atoms with Crippen LogP contribution in [0.25, 0.3) is 0 Å². The van der Waals surface area contributed by atoms with Crippen molar-refractivity contribution < 1.29 is 14.3 Å². The number of hydrogen-bond donors (Lipinski definition) is 0. The summed E-state index contributed by atoms with van der Waals surface area (Å²) in [5.74, 6) is 1.75. The van der Waals surface area contributed by atoms with Gasteiger partial charge in [-0.3, -0.25) is 4.79 Å². The van der Waals surface area contributed by atoms with Gasteiger partial charge in [-0.15, -0.1) is 11.8 Å². The van der Waals surface area contributed by atoms with Crippen LogP contribution in [0.1, 0.15) is 24.2 Å². The second kappa shape index (κ2) is 8.49. The normalized spacial score (nSPS) is 10.3. The van der Waals surface area contributed by atoms with Crippen molar-refractivity contribution in [2.24, 2.45) is 0 Å². The average molecular weight is 316 g/mol. The number of hydrogen-bond acceptors (Lipinski definition) is 4. The number of carbonyl (C=O) groups excluding carboxylic acids is 1. The standard InChI is InChI=1S/C18H20O3S/c1-3-20-14-10-11-16(18(12-14)21-4-2)17(19)13-22-15-8-6-5-7-9-15/h5-12H,3-4,13H2,1-2H3. The fraction of sp³-hybridized carbons (Fsp3) is 0.278. The first-order valence-electron chi connectivity index (χ1n) is 7.35. The molecular weight excluding hydrogens is 296 g/mol. The first-order valence-corrected chi connectivity index (χ1v) is 8.33. The number of thioether (sulfide) groups is 1. The van der Waals surface area contributed by atoms with Gasteiger partial charge in [0.15, 0.2) is 5.78 Å². The minimum atomic E-state index is 0.0559. The van der Waals surface area contributed by atoms with E-state index < -0.39 is 0 Å². The molecule has 116 valence electrons. The summed E-state index contributed by atoms with van der Waals surface area (Å²) < 4.78 is 11.0. The lowest BCUT2D eigenvalue weighted by atomic mass is 10.1. The van der Waals surface area contributed by atoms with Crippen molar-refractivity contribution in [3.8, 4) is 11.5 Å². The van der Waals surface area contributed by atoms with E-state index in [4.69, 9.17) is 9.47 Å². The number of Topliss-reactive ketones (excluding diaryl/α,β-unsaturated/α-hetero) is 1. The van der Waals surface area contributed by atoms with E-state index in [-0.39, 0.29) is 5.78 Å². The molecule has 3 nitrogen and oxygen atoms in total. The number of carbonyl (C=O) groups is 1. The highest BCUT2D eigenvalue weighted by Gasteiger charge is 2.14. The summed E-state index contributed by atoms with van der Waals surface area (Å²) in [5, 5.41) is 0. The highest BCUT2D eigenvalue weighted by atomic mass is 32.2. The highest BCUT2D eigenvalue weighted by Crippen LogP contribution is 2.27.